The molecular formula is C26H45N. The number of rotatable bonds is 0. The van der Waals surface area contributed by atoms with Crippen molar-refractivity contribution in [2.45, 2.75) is 101 Å². The second-order valence-electron chi connectivity index (χ2n) is 8.90. The third-order valence-corrected chi connectivity index (χ3v) is 4.23. The predicted octanol–water partition coefficient (Wildman–Crippen LogP) is 8.26. The summed E-state index contributed by atoms with van der Waals surface area (Å²) in [7, 11) is 0. The standard InChI is InChI=1S/C12H18.C11H17N.C2H6.CH4/c1-9-6-7-10(2)11(8-9)12(3,4)5;1-8-6-7-10(9(2)12-8)11(3,4)5;1-2;/h6-8H,1-5H3;6-7H,1-5H3;1-2H3;1H4. The van der Waals surface area contributed by atoms with Gasteiger partial charge in [0, 0.05) is 11.4 Å². The summed E-state index contributed by atoms with van der Waals surface area (Å²) in [6.45, 7) is 25.9. The first-order valence-corrected chi connectivity index (χ1v) is 9.85. The first-order valence-electron chi connectivity index (χ1n) is 9.85. The molecule has 0 amide bonds. The van der Waals surface area contributed by atoms with Gasteiger partial charge in [0.25, 0.3) is 0 Å². The molecule has 1 aromatic carbocycles. The Labute approximate surface area is 170 Å². The van der Waals surface area contributed by atoms with Crippen LogP contribution in [0.5, 0.6) is 0 Å². The van der Waals surface area contributed by atoms with Gasteiger partial charge >= 0.3 is 0 Å². The Morgan fingerprint density at radius 2 is 1.15 bits per heavy atom. The molecule has 0 N–H and O–H groups in total. The first kappa shape index (κ1) is 27.6. The number of benzene rings is 1. The predicted molar refractivity (Wildman–Crippen MR) is 125 cm³/mol. The van der Waals surface area contributed by atoms with Crippen LogP contribution in [0, 0.1) is 27.7 Å². The van der Waals surface area contributed by atoms with Crippen molar-refractivity contribution in [2.24, 2.45) is 0 Å². The van der Waals surface area contributed by atoms with Crippen molar-refractivity contribution in [3.8, 4) is 0 Å². The Hall–Kier alpha value is -1.63. The molecule has 0 unspecified atom stereocenters. The van der Waals surface area contributed by atoms with E-state index in [1.54, 1.807) is 0 Å². The molecule has 0 saturated heterocycles. The molecule has 0 bridgehead atoms. The molecule has 0 aliphatic rings. The monoisotopic (exact) mass is 371 g/mol. The van der Waals surface area contributed by atoms with Gasteiger partial charge in [-0.3, -0.25) is 4.98 Å². The number of aromatic nitrogens is 1. The van der Waals surface area contributed by atoms with E-state index in [2.05, 4.69) is 97.6 Å². The Morgan fingerprint density at radius 1 is 0.667 bits per heavy atom. The maximum absolute atomic E-state index is 4.44. The number of nitrogens with zero attached hydrogens (tertiary/aromatic N) is 1. The molecule has 1 nitrogen and oxygen atoms in total. The third kappa shape index (κ3) is 9.22. The van der Waals surface area contributed by atoms with E-state index in [-0.39, 0.29) is 18.3 Å². The molecule has 2 aromatic rings. The van der Waals surface area contributed by atoms with Gasteiger partial charge in [-0.15, -0.1) is 0 Å². The van der Waals surface area contributed by atoms with Crippen molar-refractivity contribution in [3.63, 3.8) is 0 Å². The lowest BCUT2D eigenvalue weighted by Crippen LogP contribution is -2.14. The van der Waals surface area contributed by atoms with Crippen LogP contribution in [-0.4, -0.2) is 4.98 Å². The maximum Gasteiger partial charge on any atom is 0.0413 e. The molecule has 0 fully saturated rings. The Kier molecular flexibility index (Phi) is 11.5. The Bertz CT molecular complexity index is 682. The number of hydrogen-bond donors (Lipinski definition) is 0. The van der Waals surface area contributed by atoms with Gasteiger partial charge in [0.15, 0.2) is 0 Å². The van der Waals surface area contributed by atoms with Gasteiger partial charge in [-0.05, 0) is 61.3 Å². The van der Waals surface area contributed by atoms with Gasteiger partial charge in [0.2, 0.25) is 0 Å². The second kappa shape index (κ2) is 11.3. The summed E-state index contributed by atoms with van der Waals surface area (Å²) in [5.74, 6) is 0. The highest BCUT2D eigenvalue weighted by molar-refractivity contribution is 5.35. The van der Waals surface area contributed by atoms with Crippen LogP contribution in [0.15, 0.2) is 30.3 Å². The highest BCUT2D eigenvalue weighted by Gasteiger charge is 2.16. The first-order chi connectivity index (χ1) is 11.8. The van der Waals surface area contributed by atoms with Gasteiger partial charge in [0.05, 0.1) is 0 Å². The molecule has 0 aliphatic heterocycles. The molecule has 0 radical (unpaired) electrons. The van der Waals surface area contributed by atoms with Crippen LogP contribution in [0.1, 0.15) is 96.5 Å². The van der Waals surface area contributed by atoms with Crippen LogP contribution >= 0.6 is 0 Å². The van der Waals surface area contributed by atoms with Crippen molar-refractivity contribution < 1.29 is 0 Å². The van der Waals surface area contributed by atoms with Crippen LogP contribution in [0.4, 0.5) is 0 Å². The van der Waals surface area contributed by atoms with E-state index in [1.807, 2.05) is 20.8 Å². The number of pyridine rings is 1. The van der Waals surface area contributed by atoms with Crippen LogP contribution < -0.4 is 0 Å². The van der Waals surface area contributed by atoms with E-state index in [1.165, 1.54) is 22.3 Å². The van der Waals surface area contributed by atoms with Crippen LogP contribution in [0.3, 0.4) is 0 Å². The number of hydrogen-bond acceptors (Lipinski definition) is 1. The molecule has 1 heteroatoms. The molecule has 0 atom stereocenters. The molecule has 0 aliphatic carbocycles. The topological polar surface area (TPSA) is 12.9 Å². The van der Waals surface area contributed by atoms with Crippen molar-refractivity contribution in [1.29, 1.82) is 0 Å². The fraction of sp³-hybridized carbons (Fsp3) is 0.577. The van der Waals surface area contributed by atoms with E-state index < -0.39 is 0 Å². The number of aryl methyl sites for hydroxylation is 4. The zero-order chi connectivity index (χ0) is 20.7. The summed E-state index contributed by atoms with van der Waals surface area (Å²) in [5, 5.41) is 0. The molecular weight excluding hydrogens is 326 g/mol. The summed E-state index contributed by atoms with van der Waals surface area (Å²) in [4.78, 5) is 4.44. The van der Waals surface area contributed by atoms with Gasteiger partial charge in [-0.1, -0.05) is 92.6 Å². The largest absolute Gasteiger partial charge is 0.258 e. The Balaban J connectivity index is 0. The lowest BCUT2D eigenvalue weighted by atomic mass is 9.83. The lowest BCUT2D eigenvalue weighted by Gasteiger charge is -2.22. The highest BCUT2D eigenvalue weighted by Crippen LogP contribution is 2.26. The van der Waals surface area contributed by atoms with Crippen molar-refractivity contribution in [2.75, 3.05) is 0 Å². The third-order valence-electron chi connectivity index (χ3n) is 4.23. The minimum atomic E-state index is 0. The fourth-order valence-corrected chi connectivity index (χ4v) is 3.02. The second-order valence-corrected chi connectivity index (χ2v) is 8.90. The summed E-state index contributed by atoms with van der Waals surface area (Å²) < 4.78 is 0. The van der Waals surface area contributed by atoms with Gasteiger partial charge in [-0.2, -0.15) is 0 Å². The lowest BCUT2D eigenvalue weighted by molar-refractivity contribution is 0.581. The Morgan fingerprint density at radius 3 is 1.52 bits per heavy atom. The van der Waals surface area contributed by atoms with E-state index in [9.17, 15) is 0 Å². The summed E-state index contributed by atoms with van der Waals surface area (Å²) in [6.07, 6.45) is 0. The van der Waals surface area contributed by atoms with Crippen LogP contribution in [-0.2, 0) is 10.8 Å². The average Bonchev–Trinajstić information content (AvgIpc) is 2.50. The molecule has 1 aromatic heterocycles. The molecule has 0 spiro atoms. The van der Waals surface area contributed by atoms with Crippen LogP contribution in [0.25, 0.3) is 0 Å². The van der Waals surface area contributed by atoms with E-state index in [0.29, 0.717) is 0 Å². The van der Waals surface area contributed by atoms with Crippen molar-refractivity contribution >= 4 is 0 Å². The van der Waals surface area contributed by atoms with E-state index in [0.717, 1.165) is 11.4 Å². The molecule has 0 saturated carbocycles. The van der Waals surface area contributed by atoms with Crippen molar-refractivity contribution in [3.05, 3.63) is 64.0 Å². The van der Waals surface area contributed by atoms with Crippen molar-refractivity contribution in [1.82, 2.24) is 4.98 Å². The zero-order valence-electron chi connectivity index (χ0n) is 19.3. The fourth-order valence-electron chi connectivity index (χ4n) is 3.02. The van der Waals surface area contributed by atoms with E-state index >= 15 is 0 Å². The maximum atomic E-state index is 4.44. The zero-order valence-corrected chi connectivity index (χ0v) is 19.3. The van der Waals surface area contributed by atoms with Gasteiger partial charge < -0.3 is 0 Å². The summed E-state index contributed by atoms with van der Waals surface area (Å²) in [6, 6.07) is 10.9. The normalized spacial score (nSPS) is 10.7. The minimum absolute atomic E-state index is 0. The van der Waals surface area contributed by atoms with E-state index in [4.69, 9.17) is 0 Å². The summed E-state index contributed by atoms with van der Waals surface area (Å²) >= 11 is 0. The highest BCUT2D eigenvalue weighted by atomic mass is 14.7. The SMILES string of the molecule is C.CC.Cc1ccc(C(C)(C)C)c(C)n1.Cc1ccc(C)c(C(C)(C)C)c1. The van der Waals surface area contributed by atoms with Crippen LogP contribution in [0.2, 0.25) is 0 Å². The molecule has 154 valence electrons. The summed E-state index contributed by atoms with van der Waals surface area (Å²) in [5.41, 5.74) is 8.29. The van der Waals surface area contributed by atoms with Gasteiger partial charge in [0.1, 0.15) is 0 Å². The molecule has 1 heterocycles. The van der Waals surface area contributed by atoms with Gasteiger partial charge in [-0.25, -0.2) is 0 Å². The minimum Gasteiger partial charge on any atom is -0.258 e. The smallest absolute Gasteiger partial charge is 0.0413 e. The quantitative estimate of drug-likeness (QED) is 0.454. The molecule has 2 rings (SSSR count). The average molecular weight is 372 g/mol. The molecule has 27 heavy (non-hydrogen) atoms.